The molecule has 0 atom stereocenters. The largest absolute Gasteiger partial charge is 0.496 e. The first-order valence-corrected chi connectivity index (χ1v) is 12.9. The van der Waals surface area contributed by atoms with E-state index in [1.54, 1.807) is 21.3 Å². The summed E-state index contributed by atoms with van der Waals surface area (Å²) in [5.74, 6) is 0.991. The van der Waals surface area contributed by atoms with E-state index in [0.717, 1.165) is 34.7 Å². The maximum absolute atomic E-state index is 12.5. The van der Waals surface area contributed by atoms with Crippen molar-refractivity contribution in [3.8, 4) is 17.1 Å². The summed E-state index contributed by atoms with van der Waals surface area (Å²) in [4.78, 5) is 16.6. The van der Waals surface area contributed by atoms with Crippen molar-refractivity contribution in [3.63, 3.8) is 0 Å². The molecule has 0 saturated heterocycles. The highest BCUT2D eigenvalue weighted by Gasteiger charge is 2.18. The number of ether oxygens (including phenoxy) is 2. The summed E-state index contributed by atoms with van der Waals surface area (Å²) >= 11 is 5.88. The molecule has 0 aliphatic heterocycles. The number of methoxy groups -OCH3 is 2. The van der Waals surface area contributed by atoms with Crippen molar-refractivity contribution in [1.29, 1.82) is 0 Å². The molecule has 1 N–H and O–H groups in total. The number of carbonyl (C=O) groups excluding carboxylic acids is 1. The van der Waals surface area contributed by atoms with Crippen LogP contribution in [0.4, 0.5) is 0 Å². The molecule has 3 aromatic rings. The minimum absolute atomic E-state index is 0.247. The van der Waals surface area contributed by atoms with Crippen LogP contribution in [0.25, 0.3) is 11.3 Å². The van der Waals surface area contributed by atoms with Gasteiger partial charge in [-0.2, -0.15) is 0 Å². The zero-order valence-electron chi connectivity index (χ0n) is 23.7. The van der Waals surface area contributed by atoms with Crippen molar-refractivity contribution in [3.05, 3.63) is 70.7 Å². The van der Waals surface area contributed by atoms with Gasteiger partial charge in [-0.25, -0.2) is 4.98 Å². The van der Waals surface area contributed by atoms with Crippen LogP contribution in [0.15, 0.2) is 53.3 Å². The van der Waals surface area contributed by atoms with Gasteiger partial charge in [-0.05, 0) is 61.2 Å². The van der Waals surface area contributed by atoms with E-state index in [-0.39, 0.29) is 11.6 Å². The summed E-state index contributed by atoms with van der Waals surface area (Å²) in [6.07, 6.45) is 2.97. The minimum atomic E-state index is -0.247. The third-order valence-electron chi connectivity index (χ3n) is 4.28. The summed E-state index contributed by atoms with van der Waals surface area (Å²) in [6, 6.07) is 13.3. The lowest BCUT2D eigenvalue weighted by Gasteiger charge is -2.07. The van der Waals surface area contributed by atoms with E-state index in [1.807, 2.05) is 90.9 Å². The van der Waals surface area contributed by atoms with Gasteiger partial charge < -0.3 is 19.2 Å². The van der Waals surface area contributed by atoms with Crippen LogP contribution in [-0.4, -0.2) is 38.8 Å². The van der Waals surface area contributed by atoms with Gasteiger partial charge >= 0.3 is 0 Å². The number of oxazole rings is 1. The molecule has 1 aromatic heterocycles. The van der Waals surface area contributed by atoms with E-state index < -0.39 is 0 Å². The fourth-order valence-corrected chi connectivity index (χ4v) is 2.99. The number of nitrogens with zero attached hydrogens (tertiary/aromatic N) is 1. The van der Waals surface area contributed by atoms with Gasteiger partial charge in [0.25, 0.3) is 5.91 Å². The van der Waals surface area contributed by atoms with Crippen molar-refractivity contribution in [1.82, 2.24) is 10.3 Å². The van der Waals surface area contributed by atoms with Gasteiger partial charge in [0.15, 0.2) is 17.8 Å². The van der Waals surface area contributed by atoms with Crippen LogP contribution in [-0.2, 0) is 11.2 Å². The van der Waals surface area contributed by atoms with Crippen LogP contribution in [0.2, 0.25) is 5.02 Å². The topological polar surface area (TPSA) is 73.6 Å². The average molecular weight is 521 g/mol. The van der Waals surface area contributed by atoms with Gasteiger partial charge in [0.05, 0.1) is 7.11 Å². The molecule has 0 bridgehead atoms. The van der Waals surface area contributed by atoms with Crippen molar-refractivity contribution >= 4 is 17.5 Å². The number of hydrogen-bond donors (Lipinski definition) is 1. The van der Waals surface area contributed by atoms with E-state index >= 15 is 0 Å². The Kier molecular flexibility index (Phi) is 22.2. The summed E-state index contributed by atoms with van der Waals surface area (Å²) in [5.41, 5.74) is 3.22. The fourth-order valence-electron chi connectivity index (χ4n) is 2.86. The molecule has 0 fully saturated rings. The number of carbonyl (C=O) groups is 1. The molecule has 0 saturated carbocycles. The van der Waals surface area contributed by atoms with Crippen LogP contribution in [0, 0.1) is 6.92 Å². The fraction of sp³-hybridized carbons (Fsp3) is 0.448. The predicted octanol–water partition coefficient (Wildman–Crippen LogP) is 8.02. The maximum atomic E-state index is 12.5. The van der Waals surface area contributed by atoms with E-state index in [1.165, 1.54) is 12.0 Å². The first-order valence-electron chi connectivity index (χ1n) is 12.5. The highest BCUT2D eigenvalue weighted by Crippen LogP contribution is 2.28. The number of rotatable bonds is 7. The van der Waals surface area contributed by atoms with Crippen molar-refractivity contribution in [2.75, 3.05) is 27.9 Å². The maximum Gasteiger partial charge on any atom is 0.273 e. The van der Waals surface area contributed by atoms with Crippen molar-refractivity contribution in [2.24, 2.45) is 0 Å². The standard InChI is InChI=1S/C21H21ClN2O3.C2H6O.3C2H6/c1-14-12-16(7-10-18(14)26-2)20-19(24-13-27-20)21(25)23-11-3-4-15-5-8-17(22)9-6-15;1-3-2;3*1-2/h5-10,12-13H,3-4,11H2,1-2H3,(H,23,25);1-2H3;3*1-2H3. The van der Waals surface area contributed by atoms with E-state index in [2.05, 4.69) is 15.0 Å². The summed E-state index contributed by atoms with van der Waals surface area (Å²) in [6.45, 7) is 14.5. The molecule has 6 nitrogen and oxygen atoms in total. The molecule has 0 aliphatic rings. The third-order valence-corrected chi connectivity index (χ3v) is 4.53. The predicted molar refractivity (Wildman–Crippen MR) is 152 cm³/mol. The first kappa shape index (κ1) is 35.3. The third kappa shape index (κ3) is 12.8. The number of amides is 1. The van der Waals surface area contributed by atoms with Crippen LogP contribution >= 0.6 is 11.6 Å². The second kappa shape index (κ2) is 22.6. The minimum Gasteiger partial charge on any atom is -0.496 e. The normalized spacial score (nSPS) is 8.97. The molecule has 7 heteroatoms. The van der Waals surface area contributed by atoms with Gasteiger partial charge in [-0.1, -0.05) is 65.3 Å². The Bertz CT molecular complexity index is 941. The van der Waals surface area contributed by atoms with Gasteiger partial charge in [0, 0.05) is 31.4 Å². The quantitative estimate of drug-likeness (QED) is 0.319. The molecule has 1 amide bonds. The molecule has 0 radical (unpaired) electrons. The lowest BCUT2D eigenvalue weighted by molar-refractivity contribution is 0.0949. The molecule has 0 unspecified atom stereocenters. The van der Waals surface area contributed by atoms with E-state index in [9.17, 15) is 4.79 Å². The lowest BCUT2D eigenvalue weighted by atomic mass is 10.1. The molecular weight excluding hydrogens is 476 g/mol. The lowest BCUT2D eigenvalue weighted by Crippen LogP contribution is -2.25. The summed E-state index contributed by atoms with van der Waals surface area (Å²) in [7, 11) is 4.87. The Balaban J connectivity index is 0. The molecule has 1 heterocycles. The van der Waals surface area contributed by atoms with Crippen LogP contribution < -0.4 is 10.1 Å². The second-order valence-corrected chi connectivity index (χ2v) is 7.05. The Morgan fingerprint density at radius 3 is 2.08 bits per heavy atom. The smallest absolute Gasteiger partial charge is 0.273 e. The van der Waals surface area contributed by atoms with E-state index in [4.69, 9.17) is 20.8 Å². The molecule has 0 aliphatic carbocycles. The second-order valence-electron chi connectivity index (χ2n) is 6.61. The molecule has 2 aromatic carbocycles. The number of halogens is 1. The van der Waals surface area contributed by atoms with E-state index in [0.29, 0.717) is 12.3 Å². The molecule has 3 rings (SSSR count). The molecular formula is C29H45ClN2O4. The summed E-state index contributed by atoms with van der Waals surface area (Å²) in [5, 5.41) is 3.62. The average Bonchev–Trinajstić information content (AvgIpc) is 3.42. The molecule has 202 valence electrons. The van der Waals surface area contributed by atoms with Gasteiger partial charge in [-0.15, -0.1) is 0 Å². The van der Waals surface area contributed by atoms with Crippen LogP contribution in [0.3, 0.4) is 0 Å². The highest BCUT2D eigenvalue weighted by molar-refractivity contribution is 6.30. The number of aryl methyl sites for hydroxylation is 2. The Morgan fingerprint density at radius 1 is 0.972 bits per heavy atom. The SMILES string of the molecule is CC.CC.CC.COC.COc1ccc(-c2ocnc2C(=O)NCCCc2ccc(Cl)cc2)cc1C. The molecule has 0 spiro atoms. The number of nitrogens with one attached hydrogen (secondary N) is 1. The van der Waals surface area contributed by atoms with Crippen LogP contribution in [0.5, 0.6) is 5.75 Å². The zero-order chi connectivity index (χ0) is 27.9. The number of aromatic nitrogens is 1. The first-order chi connectivity index (χ1) is 17.5. The molecule has 36 heavy (non-hydrogen) atoms. The Hall–Kier alpha value is -2.83. The van der Waals surface area contributed by atoms with Gasteiger partial charge in [0.1, 0.15) is 5.75 Å². The van der Waals surface area contributed by atoms with Crippen molar-refractivity contribution < 1.29 is 18.7 Å². The van der Waals surface area contributed by atoms with Crippen LogP contribution in [0.1, 0.15) is 69.6 Å². The number of benzene rings is 2. The summed E-state index contributed by atoms with van der Waals surface area (Å²) < 4.78 is 15.0. The van der Waals surface area contributed by atoms with Crippen molar-refractivity contribution in [2.45, 2.75) is 61.3 Å². The number of hydrogen-bond acceptors (Lipinski definition) is 5. The monoisotopic (exact) mass is 520 g/mol. The highest BCUT2D eigenvalue weighted by atomic mass is 35.5. The van der Waals surface area contributed by atoms with Gasteiger partial charge in [-0.3, -0.25) is 4.79 Å². The Morgan fingerprint density at radius 2 is 1.56 bits per heavy atom. The van der Waals surface area contributed by atoms with Gasteiger partial charge in [0.2, 0.25) is 0 Å². The zero-order valence-corrected chi connectivity index (χ0v) is 24.5. The Labute approximate surface area is 223 Å².